The molecular formula is C26H22FN3O5S. The molecule has 36 heavy (non-hydrogen) atoms. The summed E-state index contributed by atoms with van der Waals surface area (Å²) < 4.78 is 52.3. The van der Waals surface area contributed by atoms with Crippen LogP contribution in [0.4, 0.5) is 10.1 Å². The van der Waals surface area contributed by atoms with E-state index in [0.29, 0.717) is 34.1 Å². The highest BCUT2D eigenvalue weighted by Gasteiger charge is 2.28. The summed E-state index contributed by atoms with van der Waals surface area (Å²) in [5.74, 6) is -0.887. The Morgan fingerprint density at radius 3 is 2.47 bits per heavy atom. The number of benzene rings is 3. The zero-order valence-electron chi connectivity index (χ0n) is 19.3. The molecule has 1 amide bonds. The molecule has 2 heterocycles. The van der Waals surface area contributed by atoms with Gasteiger partial charge in [0.25, 0.3) is 0 Å². The van der Waals surface area contributed by atoms with Gasteiger partial charge in [-0.15, -0.1) is 0 Å². The van der Waals surface area contributed by atoms with E-state index in [2.05, 4.69) is 10.3 Å². The van der Waals surface area contributed by atoms with Crippen LogP contribution in [0.25, 0.3) is 16.9 Å². The third kappa shape index (κ3) is 4.80. The van der Waals surface area contributed by atoms with Crippen molar-refractivity contribution in [3.8, 4) is 28.4 Å². The fourth-order valence-corrected chi connectivity index (χ4v) is 5.06. The number of ether oxygens (including phenoxy) is 2. The van der Waals surface area contributed by atoms with Crippen LogP contribution >= 0.6 is 0 Å². The van der Waals surface area contributed by atoms with Crippen molar-refractivity contribution < 1.29 is 27.1 Å². The van der Waals surface area contributed by atoms with Crippen molar-refractivity contribution >= 4 is 21.4 Å². The van der Waals surface area contributed by atoms with Gasteiger partial charge in [-0.1, -0.05) is 19.1 Å². The molecule has 0 saturated carbocycles. The molecule has 1 aromatic heterocycles. The standard InChI is InChI=1S/C26H22FN3O5S/c1-2-17-3-8-20(9-4-17)28-25(31)15-36(32,33)26-29-22(14-30(26)21-10-6-19(27)7-11-21)18-5-12-23-24(13-18)35-16-34-23/h3-14H,2,15-16H2,1H3,(H,28,31). The molecule has 1 N–H and O–H groups in total. The third-order valence-electron chi connectivity index (χ3n) is 5.69. The van der Waals surface area contributed by atoms with Gasteiger partial charge in [-0.05, 0) is 66.6 Å². The average molecular weight is 508 g/mol. The molecule has 0 radical (unpaired) electrons. The van der Waals surface area contributed by atoms with Gasteiger partial charge in [0.1, 0.15) is 11.6 Å². The number of carbonyl (C=O) groups excluding carboxylic acids is 1. The van der Waals surface area contributed by atoms with E-state index in [0.717, 1.165) is 12.0 Å². The Labute approximate surface area is 207 Å². The minimum atomic E-state index is -4.19. The quantitative estimate of drug-likeness (QED) is 0.399. The number of imidazole rings is 1. The number of hydrogen-bond donors (Lipinski definition) is 1. The Morgan fingerprint density at radius 1 is 1.03 bits per heavy atom. The molecule has 184 valence electrons. The Bertz CT molecular complexity index is 1530. The number of sulfone groups is 1. The lowest BCUT2D eigenvalue weighted by atomic mass is 10.1. The third-order valence-corrected chi connectivity index (χ3v) is 7.18. The van der Waals surface area contributed by atoms with E-state index in [9.17, 15) is 17.6 Å². The summed E-state index contributed by atoms with van der Waals surface area (Å²) in [6.07, 6.45) is 2.37. The van der Waals surface area contributed by atoms with E-state index in [1.54, 1.807) is 30.3 Å². The number of amides is 1. The van der Waals surface area contributed by atoms with Gasteiger partial charge in [-0.3, -0.25) is 9.36 Å². The number of carbonyl (C=O) groups is 1. The lowest BCUT2D eigenvalue weighted by molar-refractivity contribution is -0.113. The maximum atomic E-state index is 13.5. The van der Waals surface area contributed by atoms with E-state index < -0.39 is 27.3 Å². The topological polar surface area (TPSA) is 99.5 Å². The number of rotatable bonds is 7. The van der Waals surface area contributed by atoms with Crippen LogP contribution in [0.3, 0.4) is 0 Å². The molecule has 10 heteroatoms. The molecule has 0 fully saturated rings. The largest absolute Gasteiger partial charge is 0.454 e. The van der Waals surface area contributed by atoms with Crippen molar-refractivity contribution in [3.05, 3.63) is 84.3 Å². The van der Waals surface area contributed by atoms with Crippen LogP contribution in [0.1, 0.15) is 12.5 Å². The van der Waals surface area contributed by atoms with Crippen LogP contribution in [0.2, 0.25) is 0 Å². The van der Waals surface area contributed by atoms with Crippen molar-refractivity contribution in [3.63, 3.8) is 0 Å². The number of aryl methyl sites for hydroxylation is 1. The molecule has 0 saturated heterocycles. The molecule has 0 aliphatic carbocycles. The van der Waals surface area contributed by atoms with Crippen LogP contribution in [0.15, 0.2) is 78.1 Å². The monoisotopic (exact) mass is 507 g/mol. The summed E-state index contributed by atoms with van der Waals surface area (Å²) in [5, 5.41) is 2.28. The van der Waals surface area contributed by atoms with Crippen LogP contribution in [0.5, 0.6) is 11.5 Å². The second kappa shape index (κ2) is 9.46. The minimum Gasteiger partial charge on any atom is -0.454 e. The van der Waals surface area contributed by atoms with Crippen molar-refractivity contribution in [2.75, 3.05) is 17.9 Å². The van der Waals surface area contributed by atoms with E-state index in [1.807, 2.05) is 19.1 Å². The Kier molecular flexibility index (Phi) is 6.19. The van der Waals surface area contributed by atoms with Gasteiger partial charge >= 0.3 is 0 Å². The van der Waals surface area contributed by atoms with E-state index in [1.165, 1.54) is 35.0 Å². The molecule has 5 rings (SSSR count). The first-order valence-corrected chi connectivity index (χ1v) is 12.8. The average Bonchev–Trinajstić information content (AvgIpc) is 3.52. The normalized spacial score (nSPS) is 12.5. The highest BCUT2D eigenvalue weighted by Crippen LogP contribution is 2.36. The molecule has 0 bridgehead atoms. The Hall–Kier alpha value is -4.18. The smallest absolute Gasteiger partial charge is 0.240 e. The molecule has 1 aliphatic rings. The first-order valence-electron chi connectivity index (χ1n) is 11.2. The second-order valence-electron chi connectivity index (χ2n) is 8.18. The molecule has 0 unspecified atom stereocenters. The second-order valence-corrected chi connectivity index (χ2v) is 10.1. The fraction of sp³-hybridized carbons (Fsp3) is 0.154. The van der Waals surface area contributed by atoms with Gasteiger partial charge in [-0.25, -0.2) is 17.8 Å². The number of hydrogen-bond acceptors (Lipinski definition) is 6. The molecule has 0 spiro atoms. The van der Waals surface area contributed by atoms with E-state index in [4.69, 9.17) is 9.47 Å². The van der Waals surface area contributed by atoms with Crippen molar-refractivity contribution in [1.29, 1.82) is 0 Å². The minimum absolute atomic E-state index is 0.0960. The highest BCUT2D eigenvalue weighted by atomic mass is 32.2. The van der Waals surface area contributed by atoms with Gasteiger partial charge in [-0.2, -0.15) is 0 Å². The van der Waals surface area contributed by atoms with Gasteiger partial charge < -0.3 is 14.8 Å². The number of nitrogens with one attached hydrogen (secondary N) is 1. The van der Waals surface area contributed by atoms with Crippen LogP contribution in [-0.2, 0) is 21.1 Å². The summed E-state index contributed by atoms with van der Waals surface area (Å²) >= 11 is 0. The number of halogens is 1. The molecule has 3 aromatic carbocycles. The molecule has 1 aliphatic heterocycles. The lowest BCUT2D eigenvalue weighted by Crippen LogP contribution is -2.25. The summed E-state index contributed by atoms with van der Waals surface area (Å²) in [6, 6.07) is 17.6. The van der Waals surface area contributed by atoms with Gasteiger partial charge in [0.2, 0.25) is 27.7 Å². The first kappa shape index (κ1) is 23.6. The van der Waals surface area contributed by atoms with Gasteiger partial charge in [0.05, 0.1) is 5.69 Å². The van der Waals surface area contributed by atoms with E-state index in [-0.39, 0.29) is 11.9 Å². The predicted octanol–water partition coefficient (Wildman–Crippen LogP) is 4.38. The molecule has 8 nitrogen and oxygen atoms in total. The molecule has 0 atom stereocenters. The summed E-state index contributed by atoms with van der Waals surface area (Å²) in [5.41, 5.74) is 2.90. The zero-order chi connectivity index (χ0) is 25.3. The Balaban J connectivity index is 1.48. The van der Waals surface area contributed by atoms with Crippen LogP contribution < -0.4 is 14.8 Å². The number of anilines is 1. The van der Waals surface area contributed by atoms with Crippen molar-refractivity contribution in [2.24, 2.45) is 0 Å². The maximum Gasteiger partial charge on any atom is 0.240 e. The molecular weight excluding hydrogens is 485 g/mol. The Morgan fingerprint density at radius 2 is 1.75 bits per heavy atom. The predicted molar refractivity (Wildman–Crippen MR) is 132 cm³/mol. The van der Waals surface area contributed by atoms with Crippen LogP contribution in [0, 0.1) is 5.82 Å². The zero-order valence-corrected chi connectivity index (χ0v) is 20.1. The number of nitrogens with zero attached hydrogens (tertiary/aromatic N) is 2. The van der Waals surface area contributed by atoms with Crippen LogP contribution in [-0.4, -0.2) is 36.4 Å². The first-order chi connectivity index (χ1) is 17.3. The van der Waals surface area contributed by atoms with Gasteiger partial charge in [0.15, 0.2) is 11.5 Å². The summed E-state index contributed by atoms with van der Waals surface area (Å²) in [6.45, 7) is 2.11. The van der Waals surface area contributed by atoms with Crippen molar-refractivity contribution in [1.82, 2.24) is 9.55 Å². The van der Waals surface area contributed by atoms with E-state index >= 15 is 0 Å². The lowest BCUT2D eigenvalue weighted by Gasteiger charge is -2.09. The van der Waals surface area contributed by atoms with Gasteiger partial charge in [0, 0.05) is 23.1 Å². The van der Waals surface area contributed by atoms with Crippen molar-refractivity contribution in [2.45, 2.75) is 18.5 Å². The highest BCUT2D eigenvalue weighted by molar-refractivity contribution is 7.92. The fourth-order valence-electron chi connectivity index (χ4n) is 3.82. The summed E-state index contributed by atoms with van der Waals surface area (Å²) in [4.78, 5) is 17.0. The maximum absolute atomic E-state index is 13.5. The number of aromatic nitrogens is 2. The summed E-state index contributed by atoms with van der Waals surface area (Å²) in [7, 11) is -4.19. The molecule has 4 aromatic rings. The SMILES string of the molecule is CCc1ccc(NC(=O)CS(=O)(=O)c2nc(-c3ccc4c(c3)OCO4)cn2-c2ccc(F)cc2)cc1. The number of fused-ring (bicyclic) bond motifs is 1.